The second-order valence-corrected chi connectivity index (χ2v) is 9.87. The van der Waals surface area contributed by atoms with Crippen molar-refractivity contribution in [2.75, 3.05) is 19.1 Å². The fourth-order valence-electron chi connectivity index (χ4n) is 0.338. The Morgan fingerprint density at radius 2 is 1.91 bits per heavy atom. The van der Waals surface area contributed by atoms with E-state index >= 15 is 0 Å². The van der Waals surface area contributed by atoms with Gasteiger partial charge in [-0.05, 0) is 13.3 Å². The molecule has 0 spiro atoms. The lowest BCUT2D eigenvalue weighted by Gasteiger charge is -2.08. The topological polar surface area (TPSA) is 23.8 Å². The zero-order chi connectivity index (χ0) is 9.33. The van der Waals surface area contributed by atoms with Gasteiger partial charge in [-0.15, -0.1) is 11.4 Å². The maximum atomic E-state index is 8.19. The van der Waals surface area contributed by atoms with Crippen molar-refractivity contribution in [2.45, 2.75) is 20.3 Å². The smallest absolute Gasteiger partial charge is 0.0630 e. The maximum absolute atomic E-state index is 8.19. The Kier molecular flexibility index (Phi) is 10.3. The SMILES string of the molecule is C=P(C)(C)SCCC#N.CC. The summed E-state index contributed by atoms with van der Waals surface area (Å²) in [6.45, 7) is 8.32. The van der Waals surface area contributed by atoms with Crippen molar-refractivity contribution in [3.8, 4) is 6.07 Å². The van der Waals surface area contributed by atoms with Crippen molar-refractivity contribution in [1.29, 1.82) is 5.26 Å². The van der Waals surface area contributed by atoms with Gasteiger partial charge in [-0.2, -0.15) is 5.26 Å². The third-order valence-corrected chi connectivity index (χ3v) is 4.38. The molecular weight excluding hydrogens is 173 g/mol. The first-order valence-electron chi connectivity index (χ1n) is 3.76. The molecule has 0 amide bonds. The lowest BCUT2D eigenvalue weighted by molar-refractivity contribution is 1.25. The van der Waals surface area contributed by atoms with Crippen LogP contribution in [0.3, 0.4) is 0 Å². The van der Waals surface area contributed by atoms with E-state index in [-0.39, 0.29) is 0 Å². The molecule has 66 valence electrons. The molecule has 0 aromatic rings. The average Bonchev–Trinajstić information content (AvgIpc) is 1.90. The van der Waals surface area contributed by atoms with Crippen molar-refractivity contribution >= 4 is 23.8 Å². The molecule has 0 aromatic carbocycles. The summed E-state index contributed by atoms with van der Waals surface area (Å²) in [6, 6.07) is 2.11. The van der Waals surface area contributed by atoms with Gasteiger partial charge in [0.1, 0.15) is 0 Å². The Morgan fingerprint density at radius 1 is 1.45 bits per heavy atom. The Labute approximate surface area is 74.9 Å². The van der Waals surface area contributed by atoms with Crippen LogP contribution in [0.4, 0.5) is 0 Å². The Bertz CT molecular complexity index is 154. The predicted octanol–water partition coefficient (Wildman–Crippen LogP) is 3.28. The predicted molar refractivity (Wildman–Crippen MR) is 59.9 cm³/mol. The fraction of sp³-hybridized carbons (Fsp3) is 0.750. The number of hydrogen-bond donors (Lipinski definition) is 0. The highest BCUT2D eigenvalue weighted by Crippen LogP contribution is 2.50. The third kappa shape index (κ3) is 17.8. The third-order valence-electron chi connectivity index (χ3n) is 0.655. The highest BCUT2D eigenvalue weighted by atomic mass is 32.7. The summed E-state index contributed by atoms with van der Waals surface area (Å²) in [5, 5.41) is 8.19. The van der Waals surface area contributed by atoms with Crippen LogP contribution in [-0.2, 0) is 0 Å². The summed E-state index contributed by atoms with van der Waals surface area (Å²) in [5.74, 6) is 0.945. The molecule has 3 heteroatoms. The van der Waals surface area contributed by atoms with Gasteiger partial charge in [0.05, 0.1) is 6.07 Å². The largest absolute Gasteiger partial charge is 0.198 e. The molecule has 0 radical (unpaired) electrons. The van der Waals surface area contributed by atoms with E-state index in [9.17, 15) is 0 Å². The summed E-state index contributed by atoms with van der Waals surface area (Å²) in [7, 11) is 0. The summed E-state index contributed by atoms with van der Waals surface area (Å²) >= 11 is 1.84. The molecule has 0 saturated heterocycles. The summed E-state index contributed by atoms with van der Waals surface area (Å²) in [5.41, 5.74) is 0. The maximum Gasteiger partial charge on any atom is 0.0630 e. The quantitative estimate of drug-likeness (QED) is 0.505. The number of nitrogens with zero attached hydrogens (tertiary/aromatic N) is 1. The average molecular weight is 191 g/mol. The molecule has 0 aliphatic carbocycles. The Morgan fingerprint density at radius 3 is 2.18 bits per heavy atom. The number of hydrogen-bond acceptors (Lipinski definition) is 2. The van der Waals surface area contributed by atoms with Gasteiger partial charge in [-0.1, -0.05) is 26.2 Å². The first kappa shape index (κ1) is 13.7. The molecule has 0 bridgehead atoms. The van der Waals surface area contributed by atoms with Crippen LogP contribution >= 0.6 is 17.5 Å². The molecule has 0 fully saturated rings. The number of rotatable bonds is 3. The van der Waals surface area contributed by atoms with Crippen LogP contribution in [0, 0.1) is 11.3 Å². The van der Waals surface area contributed by atoms with Crippen LogP contribution in [0.5, 0.6) is 0 Å². The molecular formula is C8H18NPS. The van der Waals surface area contributed by atoms with Crippen LogP contribution in [-0.4, -0.2) is 25.4 Å². The van der Waals surface area contributed by atoms with Gasteiger partial charge in [0.25, 0.3) is 0 Å². The zero-order valence-electron chi connectivity index (χ0n) is 7.92. The normalized spacial score (nSPS) is 9.36. The van der Waals surface area contributed by atoms with Crippen molar-refractivity contribution in [3.05, 3.63) is 0 Å². The lowest BCUT2D eigenvalue weighted by Crippen LogP contribution is -1.74. The van der Waals surface area contributed by atoms with Crippen LogP contribution in [0.1, 0.15) is 20.3 Å². The Hall–Kier alpha value is 0.140. The Balaban J connectivity index is 0. The van der Waals surface area contributed by atoms with E-state index in [0.717, 1.165) is 5.75 Å². The van der Waals surface area contributed by atoms with Gasteiger partial charge in [-0.25, -0.2) is 0 Å². The molecule has 11 heavy (non-hydrogen) atoms. The molecule has 1 nitrogen and oxygen atoms in total. The van der Waals surface area contributed by atoms with Gasteiger partial charge in [0.15, 0.2) is 0 Å². The van der Waals surface area contributed by atoms with Crippen LogP contribution in [0.15, 0.2) is 0 Å². The highest BCUT2D eigenvalue weighted by Gasteiger charge is 1.97. The van der Waals surface area contributed by atoms with Crippen molar-refractivity contribution in [1.82, 2.24) is 0 Å². The van der Waals surface area contributed by atoms with E-state index in [0.29, 0.717) is 6.42 Å². The summed E-state index contributed by atoms with van der Waals surface area (Å²) in [4.78, 5) is 0. The first-order chi connectivity index (χ1) is 5.06. The summed E-state index contributed by atoms with van der Waals surface area (Å²) in [6.07, 6.45) is 3.73. The molecule has 0 N–H and O–H groups in total. The van der Waals surface area contributed by atoms with Crippen molar-refractivity contribution < 1.29 is 0 Å². The minimum atomic E-state index is -0.930. The molecule has 0 aromatic heterocycles. The second kappa shape index (κ2) is 8.24. The molecule has 0 saturated carbocycles. The van der Waals surface area contributed by atoms with E-state index in [1.54, 1.807) is 0 Å². The van der Waals surface area contributed by atoms with Crippen LogP contribution in [0.25, 0.3) is 0 Å². The van der Waals surface area contributed by atoms with Crippen LogP contribution in [0.2, 0.25) is 0 Å². The zero-order valence-corrected chi connectivity index (χ0v) is 9.63. The monoisotopic (exact) mass is 191 g/mol. The standard InChI is InChI=1S/C6H12NPS.C2H6/c1-8(2,3)9-6-4-5-7;1-2/h1,4,6H2,2-3H3;1-2H3. The molecule has 0 atom stereocenters. The van der Waals surface area contributed by atoms with Crippen molar-refractivity contribution in [2.24, 2.45) is 0 Å². The lowest BCUT2D eigenvalue weighted by atomic mass is 10.6. The van der Waals surface area contributed by atoms with Gasteiger partial charge in [0.2, 0.25) is 0 Å². The molecule has 0 unspecified atom stereocenters. The molecule has 0 heterocycles. The second-order valence-electron chi connectivity index (χ2n) is 2.32. The van der Waals surface area contributed by atoms with E-state index in [4.69, 9.17) is 5.26 Å². The minimum Gasteiger partial charge on any atom is -0.198 e. The van der Waals surface area contributed by atoms with E-state index in [1.165, 1.54) is 0 Å². The molecule has 0 aliphatic rings. The molecule has 0 aliphatic heterocycles. The summed E-state index contributed by atoms with van der Waals surface area (Å²) < 4.78 is 0. The van der Waals surface area contributed by atoms with Gasteiger partial charge >= 0.3 is 0 Å². The van der Waals surface area contributed by atoms with E-state index in [2.05, 4.69) is 25.7 Å². The highest BCUT2D eigenvalue weighted by molar-refractivity contribution is 8.60. The first-order valence-corrected chi connectivity index (χ1v) is 8.22. The van der Waals surface area contributed by atoms with Gasteiger partial charge in [0, 0.05) is 12.2 Å². The van der Waals surface area contributed by atoms with E-state index < -0.39 is 6.09 Å². The minimum absolute atomic E-state index is 0.656. The fourth-order valence-corrected chi connectivity index (χ4v) is 2.77. The van der Waals surface area contributed by atoms with Gasteiger partial charge in [-0.3, -0.25) is 0 Å². The van der Waals surface area contributed by atoms with E-state index in [1.807, 2.05) is 25.2 Å². The van der Waals surface area contributed by atoms with Gasteiger partial charge < -0.3 is 0 Å². The van der Waals surface area contributed by atoms with Crippen molar-refractivity contribution in [3.63, 3.8) is 0 Å². The number of nitriles is 1. The van der Waals surface area contributed by atoms with Crippen LogP contribution < -0.4 is 0 Å². The molecule has 0 rings (SSSR count).